The summed E-state index contributed by atoms with van der Waals surface area (Å²) in [6, 6.07) is 24.3. The highest BCUT2D eigenvalue weighted by atomic mass is 35.5. The average Bonchev–Trinajstić information content (AvgIpc) is 3.23. The molecule has 0 aliphatic heterocycles. The van der Waals surface area contributed by atoms with Gasteiger partial charge in [0.2, 0.25) is 0 Å². The molecule has 2 heterocycles. The van der Waals surface area contributed by atoms with Gasteiger partial charge in [-0.05, 0) is 48.0 Å². The highest BCUT2D eigenvalue weighted by molar-refractivity contribution is 6.10. The summed E-state index contributed by atoms with van der Waals surface area (Å²) in [5.74, 6) is 0.825. The van der Waals surface area contributed by atoms with Crippen molar-refractivity contribution in [1.82, 2.24) is 15.0 Å². The zero-order valence-corrected chi connectivity index (χ0v) is 16.5. The third-order valence-corrected chi connectivity index (χ3v) is 4.82. The maximum absolute atomic E-state index is 5.26. The second kappa shape index (κ2) is 7.81. The lowest BCUT2D eigenvalue weighted by Gasteiger charge is -2.14. The van der Waals surface area contributed by atoms with Gasteiger partial charge in [-0.15, -0.1) is 12.4 Å². The molecule has 0 unspecified atom stereocenters. The maximum atomic E-state index is 5.26. The normalized spacial score (nSPS) is 10.7. The molecule has 6 heteroatoms. The first-order valence-corrected chi connectivity index (χ1v) is 9.05. The quantitative estimate of drug-likeness (QED) is 0.389. The standard InChI is InChI=1S/C23H18N4O.ClH/c1-28-17-9-7-16(8-10-17)26-21-13-20(15-5-3-2-4-6-15)27-18-11-12-19-23(22(18)21)25-14-24-19;/h2-14,26-27H,1H3;1H. The number of halogens is 1. The second-order valence-corrected chi connectivity index (χ2v) is 6.55. The number of ether oxygens (including phenoxy) is 1. The van der Waals surface area contributed by atoms with E-state index in [4.69, 9.17) is 4.74 Å². The van der Waals surface area contributed by atoms with Crippen molar-refractivity contribution in [3.63, 3.8) is 0 Å². The number of pyridine rings is 1. The number of rotatable bonds is 4. The second-order valence-electron chi connectivity index (χ2n) is 6.55. The Morgan fingerprint density at radius 1 is 0.897 bits per heavy atom. The van der Waals surface area contributed by atoms with Gasteiger partial charge in [0.05, 0.1) is 23.8 Å². The molecular formula is C23H19ClN4O. The lowest BCUT2D eigenvalue weighted by molar-refractivity contribution is 0.415. The molecule has 29 heavy (non-hydrogen) atoms. The van der Waals surface area contributed by atoms with E-state index in [0.717, 1.165) is 50.3 Å². The molecule has 0 radical (unpaired) electrons. The minimum atomic E-state index is 0. The molecule has 0 aliphatic carbocycles. The number of hydrogen-bond acceptors (Lipinski definition) is 4. The van der Waals surface area contributed by atoms with Gasteiger partial charge in [0, 0.05) is 16.8 Å². The average molecular weight is 403 g/mol. The third kappa shape index (κ3) is 3.48. The van der Waals surface area contributed by atoms with Crippen molar-refractivity contribution in [2.75, 3.05) is 12.4 Å². The van der Waals surface area contributed by atoms with Gasteiger partial charge in [0.15, 0.2) is 0 Å². The number of fused-ring (bicyclic) bond motifs is 3. The summed E-state index contributed by atoms with van der Waals surface area (Å²) < 4.78 is 5.26. The number of anilines is 2. The van der Waals surface area contributed by atoms with Gasteiger partial charge < -0.3 is 15.0 Å². The number of nitrogens with one attached hydrogen (secondary N) is 2. The molecule has 0 atom stereocenters. The van der Waals surface area contributed by atoms with E-state index in [0.29, 0.717) is 0 Å². The third-order valence-electron chi connectivity index (χ3n) is 4.82. The van der Waals surface area contributed by atoms with E-state index < -0.39 is 0 Å². The van der Waals surface area contributed by atoms with E-state index in [9.17, 15) is 0 Å². The van der Waals surface area contributed by atoms with Crippen molar-refractivity contribution in [1.29, 1.82) is 0 Å². The first-order valence-electron chi connectivity index (χ1n) is 9.05. The van der Waals surface area contributed by atoms with Gasteiger partial charge in [-0.2, -0.15) is 0 Å². The molecule has 0 spiro atoms. The van der Waals surface area contributed by atoms with Crippen molar-refractivity contribution >= 4 is 45.7 Å². The number of imidazole rings is 1. The fourth-order valence-corrected chi connectivity index (χ4v) is 3.44. The minimum absolute atomic E-state index is 0. The Kier molecular flexibility index (Phi) is 5.06. The number of methoxy groups -OCH3 is 1. The van der Waals surface area contributed by atoms with Gasteiger partial charge in [-0.1, -0.05) is 30.3 Å². The topological polar surface area (TPSA) is 62.8 Å². The summed E-state index contributed by atoms with van der Waals surface area (Å²) in [5, 5.41) is 4.57. The molecule has 2 aromatic heterocycles. The van der Waals surface area contributed by atoms with Gasteiger partial charge in [-0.3, -0.25) is 0 Å². The first-order chi connectivity index (χ1) is 13.8. The van der Waals surface area contributed by atoms with Crippen molar-refractivity contribution in [2.24, 2.45) is 0 Å². The Hall–Kier alpha value is -3.57. The lowest BCUT2D eigenvalue weighted by Crippen LogP contribution is -1.96. The maximum Gasteiger partial charge on any atom is 0.119 e. The number of H-pyrrole nitrogens is 1. The molecule has 5 nitrogen and oxygen atoms in total. The number of aromatic amines is 1. The van der Waals surface area contributed by atoms with Gasteiger partial charge in [-0.25, -0.2) is 9.97 Å². The zero-order valence-electron chi connectivity index (χ0n) is 15.7. The highest BCUT2D eigenvalue weighted by Crippen LogP contribution is 2.34. The minimum Gasteiger partial charge on any atom is -0.497 e. The van der Waals surface area contributed by atoms with Crippen LogP contribution in [0.1, 0.15) is 0 Å². The highest BCUT2D eigenvalue weighted by Gasteiger charge is 2.12. The Labute approximate surface area is 174 Å². The van der Waals surface area contributed by atoms with Crippen LogP contribution >= 0.6 is 12.4 Å². The number of aromatic nitrogens is 3. The summed E-state index contributed by atoms with van der Waals surface area (Å²) in [6.07, 6.45) is 1.60. The predicted molar refractivity (Wildman–Crippen MR) is 120 cm³/mol. The molecule has 2 N–H and O–H groups in total. The molecular weight excluding hydrogens is 384 g/mol. The van der Waals surface area contributed by atoms with Gasteiger partial charge in [0.25, 0.3) is 0 Å². The van der Waals surface area contributed by atoms with Crippen LogP contribution in [0.2, 0.25) is 0 Å². The predicted octanol–water partition coefficient (Wildman–Crippen LogP) is 5.95. The molecule has 0 saturated heterocycles. The molecule has 3 aromatic carbocycles. The van der Waals surface area contributed by atoms with E-state index in [2.05, 4.69) is 44.5 Å². The van der Waals surface area contributed by atoms with Crippen LogP contribution < -0.4 is 10.1 Å². The Morgan fingerprint density at radius 3 is 2.45 bits per heavy atom. The van der Waals surface area contributed by atoms with Crippen LogP contribution in [0.3, 0.4) is 0 Å². The summed E-state index contributed by atoms with van der Waals surface area (Å²) in [7, 11) is 1.67. The molecule has 5 aromatic rings. The van der Waals surface area contributed by atoms with Crippen LogP contribution in [-0.2, 0) is 0 Å². The summed E-state index contributed by atoms with van der Waals surface area (Å²) in [5.41, 5.74) is 6.87. The fraction of sp³-hybridized carbons (Fsp3) is 0.0435. The first kappa shape index (κ1) is 18.8. The Morgan fingerprint density at radius 2 is 1.69 bits per heavy atom. The van der Waals surface area contributed by atoms with Crippen LogP contribution in [0.25, 0.3) is 33.2 Å². The zero-order chi connectivity index (χ0) is 18.9. The van der Waals surface area contributed by atoms with Crippen molar-refractivity contribution in [3.8, 4) is 17.0 Å². The van der Waals surface area contributed by atoms with Crippen LogP contribution in [0.5, 0.6) is 5.75 Å². The molecule has 0 amide bonds. The van der Waals surface area contributed by atoms with Crippen LogP contribution in [0, 0.1) is 0 Å². The van der Waals surface area contributed by atoms with E-state index in [1.807, 2.05) is 48.5 Å². The van der Waals surface area contributed by atoms with Crippen molar-refractivity contribution < 1.29 is 4.74 Å². The van der Waals surface area contributed by atoms with Crippen molar-refractivity contribution in [3.05, 3.63) is 79.1 Å². The largest absolute Gasteiger partial charge is 0.497 e. The van der Waals surface area contributed by atoms with Gasteiger partial charge >= 0.3 is 0 Å². The monoisotopic (exact) mass is 402 g/mol. The lowest BCUT2D eigenvalue weighted by atomic mass is 10.1. The molecule has 0 aliphatic rings. The van der Waals surface area contributed by atoms with Gasteiger partial charge in [0.1, 0.15) is 17.6 Å². The van der Waals surface area contributed by atoms with Crippen LogP contribution in [0.4, 0.5) is 11.4 Å². The number of benzene rings is 3. The SMILES string of the molecule is COc1ccc(Nc2cc(-c3ccccc3)[nH]c3ccc4ncnc4c23)cc1.Cl. The molecule has 0 bridgehead atoms. The van der Waals surface area contributed by atoms with Crippen LogP contribution in [-0.4, -0.2) is 22.1 Å². The molecule has 0 saturated carbocycles. The van der Waals surface area contributed by atoms with Crippen LogP contribution in [0.15, 0.2) is 79.1 Å². The van der Waals surface area contributed by atoms with E-state index in [1.54, 1.807) is 13.4 Å². The van der Waals surface area contributed by atoms with E-state index >= 15 is 0 Å². The van der Waals surface area contributed by atoms with E-state index in [1.165, 1.54) is 0 Å². The molecule has 5 rings (SSSR count). The number of hydrogen-bond donors (Lipinski definition) is 2. The fourth-order valence-electron chi connectivity index (χ4n) is 3.44. The Bertz CT molecular complexity index is 1270. The smallest absolute Gasteiger partial charge is 0.119 e. The Balaban J connectivity index is 0.00000205. The van der Waals surface area contributed by atoms with Crippen molar-refractivity contribution in [2.45, 2.75) is 0 Å². The molecule has 144 valence electrons. The summed E-state index contributed by atoms with van der Waals surface area (Å²) in [6.45, 7) is 0. The molecule has 0 fully saturated rings. The summed E-state index contributed by atoms with van der Waals surface area (Å²) >= 11 is 0. The van der Waals surface area contributed by atoms with E-state index in [-0.39, 0.29) is 12.4 Å². The number of nitrogens with zero attached hydrogens (tertiary/aromatic N) is 2. The summed E-state index contributed by atoms with van der Waals surface area (Å²) in [4.78, 5) is 12.4.